The first-order chi connectivity index (χ1) is 6.35. The molecule has 2 N–H and O–H groups in total. The lowest BCUT2D eigenvalue weighted by molar-refractivity contribution is -0.124. The highest BCUT2D eigenvalue weighted by atomic mass is 79.9. The van der Waals surface area contributed by atoms with Crippen LogP contribution in [0.2, 0.25) is 0 Å². The van der Waals surface area contributed by atoms with Gasteiger partial charge in [0.25, 0.3) is 5.91 Å². The quantitative estimate of drug-likeness (QED) is 0.706. The van der Waals surface area contributed by atoms with Gasteiger partial charge in [0.05, 0.1) is 6.54 Å². The van der Waals surface area contributed by atoms with Crippen LogP contribution >= 0.6 is 15.9 Å². The van der Waals surface area contributed by atoms with Gasteiger partial charge in [0.2, 0.25) is 5.91 Å². The van der Waals surface area contributed by atoms with Gasteiger partial charge in [-0.25, -0.2) is 0 Å². The zero-order chi connectivity index (χ0) is 11.2. The van der Waals surface area contributed by atoms with Crippen LogP contribution in [0.1, 0.15) is 20.8 Å². The molecular weight excluding hydrogens is 248 g/mol. The molecule has 0 spiro atoms. The van der Waals surface area contributed by atoms with Gasteiger partial charge < -0.3 is 10.6 Å². The average Bonchev–Trinajstić information content (AvgIpc) is 1.98. The number of rotatable bonds is 2. The van der Waals surface area contributed by atoms with E-state index in [1.54, 1.807) is 0 Å². The molecule has 78 valence electrons. The van der Waals surface area contributed by atoms with Gasteiger partial charge in [-0.15, -0.1) is 0 Å². The first-order valence-corrected chi connectivity index (χ1v) is 4.85. The summed E-state index contributed by atoms with van der Waals surface area (Å²) in [5.41, 5.74) is -0.289. The summed E-state index contributed by atoms with van der Waals surface area (Å²) in [5.74, 6) is 1.49. The number of hydrogen-bond donors (Lipinski definition) is 2. The molecule has 0 aliphatic carbocycles. The van der Waals surface area contributed by atoms with Crippen LogP contribution in [0.4, 0.5) is 0 Å². The Morgan fingerprint density at radius 2 is 1.93 bits per heavy atom. The summed E-state index contributed by atoms with van der Waals surface area (Å²) < 4.78 is 0. The molecule has 0 aromatic carbocycles. The lowest BCUT2D eigenvalue weighted by atomic mass is 10.1. The van der Waals surface area contributed by atoms with Crippen molar-refractivity contribution >= 4 is 27.7 Å². The first-order valence-electron chi connectivity index (χ1n) is 4.05. The molecule has 0 saturated heterocycles. The Balaban J connectivity index is 3.85. The summed E-state index contributed by atoms with van der Waals surface area (Å²) in [6.45, 7) is 5.54. The summed E-state index contributed by atoms with van der Waals surface area (Å²) in [7, 11) is 0. The highest BCUT2D eigenvalue weighted by Crippen LogP contribution is 1.96. The van der Waals surface area contributed by atoms with Crippen LogP contribution in [0, 0.1) is 10.8 Å². The summed E-state index contributed by atoms with van der Waals surface area (Å²) in [6, 6.07) is 0. The van der Waals surface area contributed by atoms with Gasteiger partial charge in [-0.3, -0.25) is 9.59 Å². The Bertz CT molecular complexity index is 283. The predicted octanol–water partition coefficient (Wildman–Crippen LogP) is 0.373. The monoisotopic (exact) mass is 260 g/mol. The lowest BCUT2D eigenvalue weighted by Gasteiger charge is -2.20. The molecule has 0 aliphatic heterocycles. The van der Waals surface area contributed by atoms with Crippen LogP contribution < -0.4 is 10.6 Å². The van der Waals surface area contributed by atoms with E-state index in [2.05, 4.69) is 37.3 Å². The van der Waals surface area contributed by atoms with Crippen molar-refractivity contribution in [2.45, 2.75) is 26.3 Å². The van der Waals surface area contributed by atoms with Crippen LogP contribution in [0.5, 0.6) is 0 Å². The molecule has 0 unspecified atom stereocenters. The maximum atomic E-state index is 11.2. The van der Waals surface area contributed by atoms with E-state index < -0.39 is 5.91 Å². The van der Waals surface area contributed by atoms with E-state index in [1.165, 1.54) is 0 Å². The molecule has 0 atom stereocenters. The van der Waals surface area contributed by atoms with E-state index >= 15 is 0 Å². The second-order valence-corrected chi connectivity index (χ2v) is 4.10. The van der Waals surface area contributed by atoms with E-state index in [0.29, 0.717) is 0 Å². The maximum Gasteiger partial charge on any atom is 0.297 e. The molecule has 5 heteroatoms. The SMILES string of the molecule is CC(C)(C)NC(=O)CNC(=O)C#CBr. The molecule has 0 aliphatic rings. The van der Waals surface area contributed by atoms with Gasteiger partial charge in [0, 0.05) is 27.4 Å². The van der Waals surface area contributed by atoms with Gasteiger partial charge in [0.15, 0.2) is 0 Å². The van der Waals surface area contributed by atoms with Crippen molar-refractivity contribution in [3.8, 4) is 10.8 Å². The van der Waals surface area contributed by atoms with E-state index in [-0.39, 0.29) is 18.0 Å². The van der Waals surface area contributed by atoms with Crippen LogP contribution in [-0.4, -0.2) is 23.9 Å². The molecule has 0 heterocycles. The standard InChI is InChI=1S/C9H13BrN2O2/c1-9(2,3)12-8(14)6-11-7(13)4-5-10/h6H2,1-3H3,(H,11,13)(H,12,14). The first kappa shape index (κ1) is 13.0. The van der Waals surface area contributed by atoms with Gasteiger partial charge >= 0.3 is 0 Å². The molecular formula is C9H13BrN2O2. The third-order valence-corrected chi connectivity index (χ3v) is 1.28. The summed E-state index contributed by atoms with van der Waals surface area (Å²) in [4.78, 5) is 24.3. The van der Waals surface area contributed by atoms with Crippen molar-refractivity contribution in [2.75, 3.05) is 6.54 Å². The van der Waals surface area contributed by atoms with E-state index in [9.17, 15) is 9.59 Å². The van der Waals surface area contributed by atoms with Gasteiger partial charge in [-0.2, -0.15) is 0 Å². The van der Waals surface area contributed by atoms with Gasteiger partial charge in [-0.1, -0.05) is 0 Å². The average molecular weight is 261 g/mol. The maximum absolute atomic E-state index is 11.2. The fourth-order valence-corrected chi connectivity index (χ4v) is 0.890. The molecule has 0 rings (SSSR count). The zero-order valence-electron chi connectivity index (χ0n) is 8.40. The van der Waals surface area contributed by atoms with Crippen molar-refractivity contribution < 1.29 is 9.59 Å². The molecule has 2 amide bonds. The minimum atomic E-state index is -0.481. The topological polar surface area (TPSA) is 58.2 Å². The second-order valence-electron chi connectivity index (χ2n) is 3.70. The largest absolute Gasteiger partial charge is 0.350 e. The van der Waals surface area contributed by atoms with Gasteiger partial charge in [0.1, 0.15) is 0 Å². The van der Waals surface area contributed by atoms with E-state index in [0.717, 1.165) is 0 Å². The Morgan fingerprint density at radius 1 is 1.36 bits per heavy atom. The molecule has 0 aromatic rings. The highest BCUT2D eigenvalue weighted by molar-refractivity contribution is 9.12. The number of carbonyl (C=O) groups is 2. The van der Waals surface area contributed by atoms with Crippen LogP contribution in [0.15, 0.2) is 0 Å². The van der Waals surface area contributed by atoms with Crippen LogP contribution in [0.25, 0.3) is 0 Å². The van der Waals surface area contributed by atoms with Crippen molar-refractivity contribution in [1.82, 2.24) is 10.6 Å². The molecule has 0 radical (unpaired) electrons. The third-order valence-electron chi connectivity index (χ3n) is 1.08. The van der Waals surface area contributed by atoms with Crippen molar-refractivity contribution in [1.29, 1.82) is 0 Å². The molecule has 14 heavy (non-hydrogen) atoms. The molecule has 4 nitrogen and oxygen atoms in total. The number of halogens is 1. The molecule has 0 fully saturated rings. The van der Waals surface area contributed by atoms with Crippen molar-refractivity contribution in [3.05, 3.63) is 0 Å². The fraction of sp³-hybridized carbons (Fsp3) is 0.556. The van der Waals surface area contributed by atoms with Crippen LogP contribution in [-0.2, 0) is 9.59 Å². The fourth-order valence-electron chi connectivity index (χ4n) is 0.710. The number of nitrogens with one attached hydrogen (secondary N) is 2. The van der Waals surface area contributed by atoms with E-state index in [1.807, 2.05) is 20.8 Å². The molecule has 0 aromatic heterocycles. The summed E-state index contributed by atoms with van der Waals surface area (Å²) >= 11 is 2.78. The molecule has 0 saturated carbocycles. The van der Waals surface area contributed by atoms with Crippen LogP contribution in [0.3, 0.4) is 0 Å². The number of amides is 2. The zero-order valence-corrected chi connectivity index (χ0v) is 9.99. The van der Waals surface area contributed by atoms with Gasteiger partial charge in [-0.05, 0) is 25.6 Å². The minimum Gasteiger partial charge on any atom is -0.350 e. The van der Waals surface area contributed by atoms with Crippen molar-refractivity contribution in [3.63, 3.8) is 0 Å². The summed E-state index contributed by atoms with van der Waals surface area (Å²) in [5, 5.41) is 5.05. The highest BCUT2D eigenvalue weighted by Gasteiger charge is 2.13. The minimum absolute atomic E-state index is 0.0578. The molecule has 0 bridgehead atoms. The third kappa shape index (κ3) is 7.62. The second kappa shape index (κ2) is 5.66. The summed E-state index contributed by atoms with van der Waals surface area (Å²) in [6.07, 6.45) is 0. The number of hydrogen-bond acceptors (Lipinski definition) is 2. The number of carbonyl (C=O) groups excluding carboxylic acids is 2. The van der Waals surface area contributed by atoms with Crippen molar-refractivity contribution in [2.24, 2.45) is 0 Å². The normalized spacial score (nSPS) is 9.71. The van der Waals surface area contributed by atoms with E-state index in [4.69, 9.17) is 0 Å². The predicted molar refractivity (Wildman–Crippen MR) is 57.6 cm³/mol. The lowest BCUT2D eigenvalue weighted by Crippen LogP contribution is -2.45. The Labute approximate surface area is 91.9 Å². The Kier molecular flexibility index (Phi) is 5.24. The smallest absolute Gasteiger partial charge is 0.297 e. The Hall–Kier alpha value is -1.02. The Morgan fingerprint density at radius 3 is 2.36 bits per heavy atom.